The van der Waals surface area contributed by atoms with Crippen molar-refractivity contribution in [2.24, 2.45) is 0 Å². The number of pyridine rings is 1. The second kappa shape index (κ2) is 8.19. The van der Waals surface area contributed by atoms with E-state index in [9.17, 15) is 4.39 Å². The number of nitrogens with one attached hydrogen (secondary N) is 1. The number of H-pyrrole nitrogens is 1. The minimum absolute atomic E-state index is 0.236. The lowest BCUT2D eigenvalue weighted by atomic mass is 10.0. The lowest BCUT2D eigenvalue weighted by molar-refractivity contribution is 0.355. The van der Waals surface area contributed by atoms with Crippen LogP contribution in [0.15, 0.2) is 73.3 Å². The molecule has 0 amide bonds. The number of hydrogen-bond acceptors (Lipinski definition) is 4. The Morgan fingerprint density at radius 3 is 2.59 bits per heavy atom. The van der Waals surface area contributed by atoms with Crippen molar-refractivity contribution in [3.05, 3.63) is 84.7 Å². The van der Waals surface area contributed by atoms with E-state index in [4.69, 9.17) is 9.47 Å². The molecule has 0 aliphatic heterocycles. The van der Waals surface area contributed by atoms with Crippen molar-refractivity contribution >= 4 is 11.0 Å². The molecule has 2 aromatic carbocycles. The van der Waals surface area contributed by atoms with Crippen LogP contribution in [0.4, 0.5) is 4.39 Å². The van der Waals surface area contributed by atoms with Gasteiger partial charge in [-0.05, 0) is 29.8 Å². The van der Waals surface area contributed by atoms with Gasteiger partial charge in [-0.15, -0.1) is 0 Å². The molecule has 0 bridgehead atoms. The van der Waals surface area contributed by atoms with E-state index in [-0.39, 0.29) is 5.82 Å². The molecule has 0 fully saturated rings. The van der Waals surface area contributed by atoms with Crippen LogP contribution in [-0.4, -0.2) is 34.0 Å². The van der Waals surface area contributed by atoms with Crippen LogP contribution in [0.5, 0.6) is 11.5 Å². The van der Waals surface area contributed by atoms with Crippen molar-refractivity contribution in [2.45, 2.75) is 6.54 Å². The first-order chi connectivity index (χ1) is 15.7. The summed E-state index contributed by atoms with van der Waals surface area (Å²) < 4.78 is 26.5. The van der Waals surface area contributed by atoms with E-state index in [1.54, 1.807) is 37.2 Å². The zero-order chi connectivity index (χ0) is 22.1. The molecule has 0 saturated heterocycles. The number of benzene rings is 2. The second-order valence-corrected chi connectivity index (χ2v) is 7.41. The number of hydrogen-bond donors (Lipinski definition) is 1. The molecule has 3 aromatic heterocycles. The van der Waals surface area contributed by atoms with Gasteiger partial charge in [-0.25, -0.2) is 9.37 Å². The van der Waals surface area contributed by atoms with Crippen LogP contribution in [0.3, 0.4) is 0 Å². The summed E-state index contributed by atoms with van der Waals surface area (Å²) in [5, 5.41) is 5.40. The summed E-state index contributed by atoms with van der Waals surface area (Å²) in [6.45, 7) is 0.365. The Kier molecular flexibility index (Phi) is 5.07. The molecule has 32 heavy (non-hydrogen) atoms. The van der Waals surface area contributed by atoms with Crippen LogP contribution < -0.4 is 9.47 Å². The van der Waals surface area contributed by atoms with Crippen LogP contribution in [0.25, 0.3) is 33.3 Å². The van der Waals surface area contributed by atoms with Gasteiger partial charge < -0.3 is 14.5 Å². The standard InChI is InChI=1S/C25H21FN4O2/c1-31-23-8-7-16(10-24(23)32-2)18-9-20-21(13-28-25(20)27-11-18)19-12-29-30(15-19)14-17-5-3-4-6-22(17)26/h3-13,15H,14H2,1-2H3,(H,27,28). The van der Waals surface area contributed by atoms with Crippen molar-refractivity contribution in [1.82, 2.24) is 19.7 Å². The summed E-state index contributed by atoms with van der Waals surface area (Å²) >= 11 is 0. The zero-order valence-corrected chi connectivity index (χ0v) is 17.7. The quantitative estimate of drug-likeness (QED) is 0.399. The molecule has 0 aliphatic rings. The van der Waals surface area contributed by atoms with Crippen LogP contribution in [-0.2, 0) is 6.54 Å². The van der Waals surface area contributed by atoms with Gasteiger partial charge in [-0.3, -0.25) is 4.68 Å². The average molecular weight is 428 g/mol. The Hall–Kier alpha value is -4.13. The first-order valence-corrected chi connectivity index (χ1v) is 10.1. The fourth-order valence-electron chi connectivity index (χ4n) is 3.81. The average Bonchev–Trinajstić information content (AvgIpc) is 3.46. The lowest BCUT2D eigenvalue weighted by Crippen LogP contribution is -2.01. The molecule has 160 valence electrons. The fraction of sp³-hybridized carbons (Fsp3) is 0.120. The largest absolute Gasteiger partial charge is 0.493 e. The van der Waals surface area contributed by atoms with Gasteiger partial charge in [-0.1, -0.05) is 24.3 Å². The van der Waals surface area contributed by atoms with Crippen LogP contribution in [0.1, 0.15) is 5.56 Å². The Bertz CT molecular complexity index is 1410. The smallest absolute Gasteiger partial charge is 0.161 e. The third-order valence-corrected chi connectivity index (χ3v) is 5.48. The molecule has 5 aromatic rings. The third-order valence-electron chi connectivity index (χ3n) is 5.48. The topological polar surface area (TPSA) is 65.0 Å². The maximum absolute atomic E-state index is 14.0. The molecule has 1 N–H and O–H groups in total. The first-order valence-electron chi connectivity index (χ1n) is 10.1. The Morgan fingerprint density at radius 2 is 1.78 bits per heavy atom. The minimum Gasteiger partial charge on any atom is -0.493 e. The van der Waals surface area contributed by atoms with Crippen LogP contribution in [0, 0.1) is 5.82 Å². The van der Waals surface area contributed by atoms with Gasteiger partial charge in [0.25, 0.3) is 0 Å². The summed E-state index contributed by atoms with van der Waals surface area (Å²) in [6.07, 6.45) is 7.44. The van der Waals surface area contributed by atoms with Gasteiger partial charge in [0.2, 0.25) is 0 Å². The number of aromatic nitrogens is 4. The molecule has 0 saturated carbocycles. The number of nitrogens with zero attached hydrogens (tertiary/aromatic N) is 3. The molecule has 6 nitrogen and oxygen atoms in total. The predicted octanol–water partition coefficient (Wildman–Crippen LogP) is 5.30. The van der Waals surface area contributed by atoms with Gasteiger partial charge in [-0.2, -0.15) is 5.10 Å². The number of rotatable bonds is 6. The van der Waals surface area contributed by atoms with Crippen LogP contribution in [0.2, 0.25) is 0 Å². The fourth-order valence-corrected chi connectivity index (χ4v) is 3.81. The van der Waals surface area contributed by atoms with E-state index in [0.717, 1.165) is 33.3 Å². The summed E-state index contributed by atoms with van der Waals surface area (Å²) in [7, 11) is 3.23. The van der Waals surface area contributed by atoms with Gasteiger partial charge in [0.1, 0.15) is 11.5 Å². The highest BCUT2D eigenvalue weighted by Crippen LogP contribution is 2.35. The zero-order valence-electron chi connectivity index (χ0n) is 17.7. The van der Waals surface area contributed by atoms with E-state index >= 15 is 0 Å². The summed E-state index contributed by atoms with van der Waals surface area (Å²) in [6, 6.07) is 14.6. The summed E-state index contributed by atoms with van der Waals surface area (Å²) in [5.41, 5.74) is 5.22. The molecule has 0 aliphatic carbocycles. The number of methoxy groups -OCH3 is 2. The highest BCUT2D eigenvalue weighted by Gasteiger charge is 2.13. The molecular formula is C25H21FN4O2. The maximum Gasteiger partial charge on any atom is 0.161 e. The highest BCUT2D eigenvalue weighted by atomic mass is 19.1. The molecule has 0 atom stereocenters. The van der Waals surface area contributed by atoms with E-state index in [1.165, 1.54) is 6.07 Å². The maximum atomic E-state index is 14.0. The summed E-state index contributed by atoms with van der Waals surface area (Å²) in [4.78, 5) is 7.80. The van der Waals surface area contributed by atoms with Crippen molar-refractivity contribution in [1.29, 1.82) is 0 Å². The summed E-state index contributed by atoms with van der Waals surface area (Å²) in [5.74, 6) is 1.10. The monoisotopic (exact) mass is 428 g/mol. The molecule has 0 unspecified atom stereocenters. The predicted molar refractivity (Wildman–Crippen MR) is 121 cm³/mol. The highest BCUT2D eigenvalue weighted by molar-refractivity contribution is 5.95. The minimum atomic E-state index is -0.236. The van der Waals surface area contributed by atoms with E-state index in [0.29, 0.717) is 23.6 Å². The van der Waals surface area contributed by atoms with Crippen LogP contribution >= 0.6 is 0 Å². The molecule has 3 heterocycles. The van der Waals surface area contributed by atoms with Gasteiger partial charge in [0.15, 0.2) is 11.5 Å². The number of aromatic amines is 1. The number of halogens is 1. The van der Waals surface area contributed by atoms with Crippen molar-refractivity contribution in [3.8, 4) is 33.8 Å². The first kappa shape index (κ1) is 19.8. The number of fused-ring (bicyclic) bond motifs is 1. The van der Waals surface area contributed by atoms with Gasteiger partial charge in [0, 0.05) is 46.2 Å². The van der Waals surface area contributed by atoms with E-state index in [1.807, 2.05) is 42.9 Å². The molecular weight excluding hydrogens is 407 g/mol. The normalized spacial score (nSPS) is 11.1. The van der Waals surface area contributed by atoms with Crippen molar-refractivity contribution in [2.75, 3.05) is 14.2 Å². The molecule has 0 radical (unpaired) electrons. The number of ether oxygens (including phenoxy) is 2. The van der Waals surface area contributed by atoms with Crippen molar-refractivity contribution in [3.63, 3.8) is 0 Å². The van der Waals surface area contributed by atoms with Gasteiger partial charge >= 0.3 is 0 Å². The van der Waals surface area contributed by atoms with E-state index < -0.39 is 0 Å². The third kappa shape index (κ3) is 3.58. The van der Waals surface area contributed by atoms with Crippen molar-refractivity contribution < 1.29 is 13.9 Å². The molecule has 0 spiro atoms. The Labute approximate surface area is 184 Å². The SMILES string of the molecule is COc1ccc(-c2cnc3[nH]cc(-c4cnn(Cc5ccccc5F)c4)c3c2)cc1OC. The van der Waals surface area contributed by atoms with Gasteiger partial charge in [0.05, 0.1) is 27.0 Å². The Morgan fingerprint density at radius 1 is 0.938 bits per heavy atom. The molecule has 7 heteroatoms. The lowest BCUT2D eigenvalue weighted by Gasteiger charge is -2.09. The second-order valence-electron chi connectivity index (χ2n) is 7.41. The van der Waals surface area contributed by atoms with E-state index in [2.05, 4.69) is 21.1 Å². The Balaban J connectivity index is 1.50. The molecule has 5 rings (SSSR count).